The Morgan fingerprint density at radius 3 is 2.56 bits per heavy atom. The van der Waals surface area contributed by atoms with Crippen LogP contribution in [-0.4, -0.2) is 39.5 Å². The lowest BCUT2D eigenvalue weighted by Crippen LogP contribution is -2.50. The molecular weight excluding hydrogens is 252 g/mol. The first-order valence-corrected chi connectivity index (χ1v) is 6.79. The van der Waals surface area contributed by atoms with Crippen LogP contribution in [0.1, 0.15) is 20.3 Å². The summed E-state index contributed by atoms with van der Waals surface area (Å²) in [5.41, 5.74) is 4.90. The number of ether oxygens (including phenoxy) is 1. The molecule has 16 heavy (non-hydrogen) atoms. The SMILES string of the molecule is CC(C)(CN)NS(=O)(=O)CC1CCOC1.Cl. The van der Waals surface area contributed by atoms with E-state index in [1.165, 1.54) is 0 Å². The standard InChI is InChI=1S/C9H20N2O3S.ClH/c1-9(2,7-10)11-15(12,13)6-8-3-4-14-5-8;/h8,11H,3-7,10H2,1-2H3;1H. The Morgan fingerprint density at radius 2 is 2.12 bits per heavy atom. The van der Waals surface area contributed by atoms with Crippen molar-refractivity contribution in [3.05, 3.63) is 0 Å². The summed E-state index contributed by atoms with van der Waals surface area (Å²) in [6, 6.07) is 0. The molecule has 0 spiro atoms. The van der Waals surface area contributed by atoms with Crippen molar-refractivity contribution >= 4 is 22.4 Å². The molecule has 7 heteroatoms. The van der Waals surface area contributed by atoms with Crippen LogP contribution in [0.4, 0.5) is 0 Å². The van der Waals surface area contributed by atoms with Crippen molar-refractivity contribution in [2.45, 2.75) is 25.8 Å². The van der Waals surface area contributed by atoms with Crippen molar-refractivity contribution in [1.82, 2.24) is 4.72 Å². The molecule has 1 fully saturated rings. The fourth-order valence-corrected chi connectivity index (χ4v) is 3.42. The summed E-state index contributed by atoms with van der Waals surface area (Å²) in [7, 11) is -3.24. The van der Waals surface area contributed by atoms with Gasteiger partial charge in [-0.15, -0.1) is 12.4 Å². The Kier molecular flexibility index (Phi) is 6.21. The van der Waals surface area contributed by atoms with E-state index in [1.54, 1.807) is 13.8 Å². The first-order valence-electron chi connectivity index (χ1n) is 5.14. The summed E-state index contributed by atoms with van der Waals surface area (Å²) in [5.74, 6) is 0.257. The third kappa shape index (κ3) is 5.45. The number of halogens is 1. The van der Waals surface area contributed by atoms with Crippen molar-refractivity contribution < 1.29 is 13.2 Å². The normalized spacial score (nSPS) is 21.8. The monoisotopic (exact) mass is 272 g/mol. The van der Waals surface area contributed by atoms with E-state index in [1.807, 2.05) is 0 Å². The number of hydrogen-bond donors (Lipinski definition) is 2. The molecule has 1 rings (SSSR count). The highest BCUT2D eigenvalue weighted by Gasteiger charge is 2.27. The molecule has 0 aromatic rings. The Hall–Kier alpha value is 0.120. The average molecular weight is 273 g/mol. The van der Waals surface area contributed by atoms with E-state index in [4.69, 9.17) is 10.5 Å². The van der Waals surface area contributed by atoms with Crippen LogP contribution in [0, 0.1) is 5.92 Å². The molecule has 0 radical (unpaired) electrons. The van der Waals surface area contributed by atoms with Gasteiger partial charge in [-0.3, -0.25) is 0 Å². The van der Waals surface area contributed by atoms with Crippen LogP contribution in [-0.2, 0) is 14.8 Å². The molecule has 1 aliphatic heterocycles. The van der Waals surface area contributed by atoms with Crippen LogP contribution in [0.15, 0.2) is 0 Å². The van der Waals surface area contributed by atoms with Gasteiger partial charge in [0.1, 0.15) is 0 Å². The minimum absolute atomic E-state index is 0. The molecule has 0 aromatic carbocycles. The third-order valence-corrected chi connectivity index (χ3v) is 4.20. The summed E-state index contributed by atoms with van der Waals surface area (Å²) in [4.78, 5) is 0. The highest BCUT2D eigenvalue weighted by molar-refractivity contribution is 7.89. The van der Waals surface area contributed by atoms with Gasteiger partial charge in [0.25, 0.3) is 0 Å². The Balaban J connectivity index is 0.00000225. The molecule has 1 heterocycles. The lowest BCUT2D eigenvalue weighted by Gasteiger charge is -2.24. The molecule has 1 aliphatic rings. The average Bonchev–Trinajstić information content (AvgIpc) is 2.54. The van der Waals surface area contributed by atoms with Gasteiger partial charge in [-0.1, -0.05) is 0 Å². The first-order chi connectivity index (χ1) is 6.85. The smallest absolute Gasteiger partial charge is 0.212 e. The zero-order chi connectivity index (χ0) is 11.5. The van der Waals surface area contributed by atoms with Crippen LogP contribution in [0.2, 0.25) is 0 Å². The number of hydrogen-bond acceptors (Lipinski definition) is 4. The van der Waals surface area contributed by atoms with E-state index in [0.717, 1.165) is 6.42 Å². The fraction of sp³-hybridized carbons (Fsp3) is 1.00. The van der Waals surface area contributed by atoms with Gasteiger partial charge in [-0.2, -0.15) is 0 Å². The van der Waals surface area contributed by atoms with Gasteiger partial charge in [-0.25, -0.2) is 13.1 Å². The van der Waals surface area contributed by atoms with Gasteiger partial charge in [0.05, 0.1) is 12.4 Å². The van der Waals surface area contributed by atoms with Crippen molar-refractivity contribution in [3.63, 3.8) is 0 Å². The molecule has 0 aliphatic carbocycles. The summed E-state index contributed by atoms with van der Waals surface area (Å²) < 4.78 is 31.2. The topological polar surface area (TPSA) is 81.4 Å². The highest BCUT2D eigenvalue weighted by Crippen LogP contribution is 2.15. The lowest BCUT2D eigenvalue weighted by molar-refractivity contribution is 0.188. The summed E-state index contributed by atoms with van der Waals surface area (Å²) in [5, 5.41) is 0. The molecule has 1 saturated heterocycles. The van der Waals surface area contributed by atoms with Gasteiger partial charge in [0.15, 0.2) is 0 Å². The van der Waals surface area contributed by atoms with Crippen LogP contribution in [0.3, 0.4) is 0 Å². The van der Waals surface area contributed by atoms with Crippen LogP contribution in [0.5, 0.6) is 0 Å². The Labute approximate surface area is 104 Å². The van der Waals surface area contributed by atoms with Crippen LogP contribution < -0.4 is 10.5 Å². The van der Waals surface area contributed by atoms with Crippen LogP contribution >= 0.6 is 12.4 Å². The maximum atomic E-state index is 11.7. The van der Waals surface area contributed by atoms with Crippen molar-refractivity contribution in [3.8, 4) is 0 Å². The highest BCUT2D eigenvalue weighted by atomic mass is 35.5. The van der Waals surface area contributed by atoms with Gasteiger partial charge in [0.2, 0.25) is 10.0 Å². The van der Waals surface area contributed by atoms with Gasteiger partial charge in [-0.05, 0) is 26.2 Å². The van der Waals surface area contributed by atoms with Crippen molar-refractivity contribution in [2.24, 2.45) is 11.7 Å². The zero-order valence-corrected chi connectivity index (χ0v) is 11.4. The molecule has 1 unspecified atom stereocenters. The number of nitrogens with two attached hydrogens (primary N) is 1. The van der Waals surface area contributed by atoms with Gasteiger partial charge >= 0.3 is 0 Å². The van der Waals surface area contributed by atoms with Crippen molar-refractivity contribution in [2.75, 3.05) is 25.5 Å². The second-order valence-corrected chi connectivity index (χ2v) is 6.47. The fourth-order valence-electron chi connectivity index (χ4n) is 1.53. The van der Waals surface area contributed by atoms with E-state index >= 15 is 0 Å². The summed E-state index contributed by atoms with van der Waals surface area (Å²) in [6.45, 7) is 5.04. The quantitative estimate of drug-likeness (QED) is 0.744. The number of rotatable bonds is 5. The number of sulfonamides is 1. The second kappa shape index (κ2) is 6.16. The molecule has 3 N–H and O–H groups in total. The summed E-state index contributed by atoms with van der Waals surface area (Å²) >= 11 is 0. The van der Waals surface area contributed by atoms with E-state index in [9.17, 15) is 8.42 Å². The first kappa shape index (κ1) is 16.1. The molecule has 0 saturated carbocycles. The van der Waals surface area contributed by atoms with Gasteiger partial charge < -0.3 is 10.5 Å². The lowest BCUT2D eigenvalue weighted by atomic mass is 10.1. The van der Waals surface area contributed by atoms with E-state index < -0.39 is 15.6 Å². The minimum Gasteiger partial charge on any atom is -0.381 e. The zero-order valence-electron chi connectivity index (χ0n) is 9.73. The Morgan fingerprint density at radius 1 is 1.50 bits per heavy atom. The maximum absolute atomic E-state index is 11.7. The molecule has 0 aromatic heterocycles. The minimum atomic E-state index is -3.24. The number of nitrogens with one attached hydrogen (secondary N) is 1. The molecule has 0 amide bonds. The Bertz CT molecular complexity index is 300. The van der Waals surface area contributed by atoms with E-state index in [0.29, 0.717) is 13.2 Å². The largest absolute Gasteiger partial charge is 0.381 e. The molecule has 0 bridgehead atoms. The second-order valence-electron chi connectivity index (χ2n) is 4.70. The molecule has 1 atom stereocenters. The van der Waals surface area contributed by atoms with Crippen LogP contribution in [0.25, 0.3) is 0 Å². The molecule has 5 nitrogen and oxygen atoms in total. The predicted octanol–water partition coefficient (Wildman–Crippen LogP) is 0.101. The maximum Gasteiger partial charge on any atom is 0.212 e. The van der Waals surface area contributed by atoms with Crippen molar-refractivity contribution in [1.29, 1.82) is 0 Å². The molecular formula is C9H21ClN2O3S. The predicted molar refractivity (Wildman–Crippen MR) is 66.2 cm³/mol. The van der Waals surface area contributed by atoms with E-state index in [-0.39, 0.29) is 30.6 Å². The van der Waals surface area contributed by atoms with Gasteiger partial charge in [0, 0.05) is 18.7 Å². The molecule has 98 valence electrons. The summed E-state index contributed by atoms with van der Waals surface area (Å²) in [6.07, 6.45) is 0.823. The third-order valence-electron chi connectivity index (χ3n) is 2.42. The van der Waals surface area contributed by atoms with E-state index in [2.05, 4.69) is 4.72 Å².